The van der Waals surface area contributed by atoms with Crippen molar-refractivity contribution >= 4 is 28.7 Å². The predicted octanol–water partition coefficient (Wildman–Crippen LogP) is 2.34. The van der Waals surface area contributed by atoms with Crippen molar-refractivity contribution in [2.24, 2.45) is 0 Å². The van der Waals surface area contributed by atoms with Gasteiger partial charge in [-0.2, -0.15) is 0 Å². The molecule has 5 nitrogen and oxygen atoms in total. The van der Waals surface area contributed by atoms with Crippen molar-refractivity contribution in [2.75, 3.05) is 11.1 Å². The number of rotatable bonds is 4. The molecule has 0 saturated carbocycles. The van der Waals surface area contributed by atoms with Gasteiger partial charge < -0.3 is 16.2 Å². The van der Waals surface area contributed by atoms with Crippen LogP contribution in [0, 0.1) is 6.92 Å². The van der Waals surface area contributed by atoms with E-state index in [9.17, 15) is 4.79 Å². The number of aryl methyl sites for hydroxylation is 1. The summed E-state index contributed by atoms with van der Waals surface area (Å²) in [6, 6.07) is 4.83. The van der Waals surface area contributed by atoms with Crippen LogP contribution in [-0.4, -0.2) is 16.1 Å². The first kappa shape index (κ1) is 12.4. The summed E-state index contributed by atoms with van der Waals surface area (Å²) in [5.74, 6) is -1.02. The first-order chi connectivity index (χ1) is 8.58. The second-order valence-electron chi connectivity index (χ2n) is 3.82. The first-order valence-corrected chi connectivity index (χ1v) is 6.21. The first-order valence-electron chi connectivity index (χ1n) is 5.33. The summed E-state index contributed by atoms with van der Waals surface area (Å²) >= 11 is 1.58. The van der Waals surface area contributed by atoms with Crippen LogP contribution in [0.1, 0.15) is 20.9 Å². The Morgan fingerprint density at radius 2 is 2.33 bits per heavy atom. The van der Waals surface area contributed by atoms with Gasteiger partial charge in [-0.15, -0.1) is 11.3 Å². The zero-order chi connectivity index (χ0) is 13.1. The molecule has 6 heteroatoms. The normalized spacial score (nSPS) is 10.3. The van der Waals surface area contributed by atoms with Gasteiger partial charge >= 0.3 is 5.97 Å². The highest BCUT2D eigenvalue weighted by Gasteiger charge is 2.08. The fraction of sp³-hybridized carbons (Fsp3) is 0.167. The number of benzene rings is 1. The molecular weight excluding hydrogens is 250 g/mol. The molecule has 2 aromatic rings. The van der Waals surface area contributed by atoms with Crippen LogP contribution in [0.3, 0.4) is 0 Å². The molecule has 0 aliphatic heterocycles. The zero-order valence-electron chi connectivity index (χ0n) is 9.80. The van der Waals surface area contributed by atoms with E-state index in [0.29, 0.717) is 6.54 Å². The van der Waals surface area contributed by atoms with E-state index in [2.05, 4.69) is 10.3 Å². The van der Waals surface area contributed by atoms with Gasteiger partial charge in [0, 0.05) is 16.3 Å². The van der Waals surface area contributed by atoms with Crippen LogP contribution < -0.4 is 11.1 Å². The number of carbonyl (C=O) groups is 1. The summed E-state index contributed by atoms with van der Waals surface area (Å²) in [4.78, 5) is 16.1. The summed E-state index contributed by atoms with van der Waals surface area (Å²) in [5, 5.41) is 12.1. The number of hydrogen-bond acceptors (Lipinski definition) is 5. The highest BCUT2D eigenvalue weighted by molar-refractivity contribution is 7.09. The number of thiazole rings is 1. The summed E-state index contributed by atoms with van der Waals surface area (Å²) in [6.07, 6.45) is 0. The number of anilines is 2. The van der Waals surface area contributed by atoms with E-state index >= 15 is 0 Å². The highest BCUT2D eigenvalue weighted by atomic mass is 32.1. The van der Waals surface area contributed by atoms with Gasteiger partial charge in [0.05, 0.1) is 23.3 Å². The van der Waals surface area contributed by atoms with Crippen LogP contribution >= 0.6 is 11.3 Å². The molecule has 0 saturated heterocycles. The second kappa shape index (κ2) is 5.05. The van der Waals surface area contributed by atoms with Gasteiger partial charge in [-0.05, 0) is 25.1 Å². The Bertz CT molecular complexity index is 580. The minimum atomic E-state index is -1.02. The number of carboxylic acid groups (broad SMARTS) is 1. The lowest BCUT2D eigenvalue weighted by molar-refractivity contribution is 0.0698. The third kappa shape index (κ3) is 2.60. The minimum absolute atomic E-state index is 0.120. The lowest BCUT2D eigenvalue weighted by Crippen LogP contribution is -2.04. The fourth-order valence-corrected chi connectivity index (χ4v) is 2.26. The lowest BCUT2D eigenvalue weighted by Gasteiger charge is -2.08. The number of nitrogens with two attached hydrogens (primary N) is 1. The molecule has 0 spiro atoms. The Morgan fingerprint density at radius 3 is 2.89 bits per heavy atom. The molecule has 0 fully saturated rings. The van der Waals surface area contributed by atoms with Crippen LogP contribution in [0.5, 0.6) is 0 Å². The third-order valence-corrected chi connectivity index (χ3v) is 3.51. The number of carboxylic acids is 1. The Labute approximate surface area is 108 Å². The number of nitrogens with zero attached hydrogens (tertiary/aromatic N) is 1. The van der Waals surface area contributed by atoms with Crippen molar-refractivity contribution in [1.82, 2.24) is 4.98 Å². The predicted molar refractivity (Wildman–Crippen MR) is 72.0 cm³/mol. The maximum absolute atomic E-state index is 10.8. The average Bonchev–Trinajstić information content (AvgIpc) is 2.72. The quantitative estimate of drug-likeness (QED) is 0.737. The van der Waals surface area contributed by atoms with E-state index in [4.69, 9.17) is 10.8 Å². The number of hydrogen-bond donors (Lipinski definition) is 3. The molecule has 0 radical (unpaired) electrons. The molecule has 0 unspecified atom stereocenters. The molecule has 0 atom stereocenters. The van der Waals surface area contributed by atoms with Crippen LogP contribution in [0.2, 0.25) is 0 Å². The van der Waals surface area contributed by atoms with Crippen molar-refractivity contribution < 1.29 is 9.90 Å². The van der Waals surface area contributed by atoms with Gasteiger partial charge in [0.15, 0.2) is 0 Å². The van der Waals surface area contributed by atoms with Gasteiger partial charge in [0.1, 0.15) is 0 Å². The number of aromatic carboxylic acids is 1. The average molecular weight is 263 g/mol. The lowest BCUT2D eigenvalue weighted by atomic mass is 10.1. The van der Waals surface area contributed by atoms with E-state index in [1.54, 1.807) is 29.0 Å². The molecule has 4 N–H and O–H groups in total. The van der Waals surface area contributed by atoms with Crippen molar-refractivity contribution in [3.05, 3.63) is 39.8 Å². The van der Waals surface area contributed by atoms with Crippen LogP contribution in [-0.2, 0) is 6.54 Å². The number of nitrogen functional groups attached to an aromatic ring is 1. The molecule has 2 rings (SSSR count). The van der Waals surface area contributed by atoms with Crippen molar-refractivity contribution in [3.8, 4) is 0 Å². The molecule has 0 aliphatic carbocycles. The smallest absolute Gasteiger partial charge is 0.337 e. The van der Waals surface area contributed by atoms with Gasteiger partial charge in [-0.1, -0.05) is 0 Å². The molecule has 18 heavy (non-hydrogen) atoms. The molecule has 1 aromatic carbocycles. The SMILES string of the molecule is Cc1ncsc1CNc1ccc(C(=O)O)c(N)c1. The summed E-state index contributed by atoms with van der Waals surface area (Å²) < 4.78 is 0. The van der Waals surface area contributed by atoms with Crippen LogP contribution in [0.4, 0.5) is 11.4 Å². The van der Waals surface area contributed by atoms with E-state index in [1.807, 2.05) is 6.92 Å². The van der Waals surface area contributed by atoms with Crippen molar-refractivity contribution in [1.29, 1.82) is 0 Å². The van der Waals surface area contributed by atoms with Gasteiger partial charge in [0.2, 0.25) is 0 Å². The molecule has 0 bridgehead atoms. The van der Waals surface area contributed by atoms with Gasteiger partial charge in [-0.3, -0.25) is 0 Å². The van der Waals surface area contributed by atoms with E-state index in [1.165, 1.54) is 6.07 Å². The molecule has 0 amide bonds. The fourth-order valence-electron chi connectivity index (χ4n) is 1.55. The Hall–Kier alpha value is -2.08. The summed E-state index contributed by atoms with van der Waals surface area (Å²) in [5.41, 5.74) is 9.65. The number of nitrogens with one attached hydrogen (secondary N) is 1. The molecule has 1 aromatic heterocycles. The molecule has 1 heterocycles. The standard InChI is InChI=1S/C12H13N3O2S/c1-7-11(18-6-15-7)5-14-8-2-3-9(12(16)17)10(13)4-8/h2-4,6,14H,5,13H2,1H3,(H,16,17). The third-order valence-electron chi connectivity index (χ3n) is 2.58. The largest absolute Gasteiger partial charge is 0.478 e. The summed E-state index contributed by atoms with van der Waals surface area (Å²) in [7, 11) is 0. The zero-order valence-corrected chi connectivity index (χ0v) is 10.6. The minimum Gasteiger partial charge on any atom is -0.478 e. The Morgan fingerprint density at radius 1 is 1.56 bits per heavy atom. The number of aromatic nitrogens is 1. The van der Waals surface area contributed by atoms with Gasteiger partial charge in [-0.25, -0.2) is 9.78 Å². The molecule has 94 valence electrons. The molecule has 0 aliphatic rings. The Balaban J connectivity index is 2.09. The van der Waals surface area contributed by atoms with Crippen LogP contribution in [0.15, 0.2) is 23.7 Å². The maximum Gasteiger partial charge on any atom is 0.337 e. The topological polar surface area (TPSA) is 88.2 Å². The summed E-state index contributed by atoms with van der Waals surface area (Å²) in [6.45, 7) is 2.61. The van der Waals surface area contributed by atoms with Gasteiger partial charge in [0.25, 0.3) is 0 Å². The second-order valence-corrected chi connectivity index (χ2v) is 4.76. The van der Waals surface area contributed by atoms with Crippen molar-refractivity contribution in [2.45, 2.75) is 13.5 Å². The monoisotopic (exact) mass is 263 g/mol. The van der Waals surface area contributed by atoms with E-state index in [0.717, 1.165) is 16.3 Å². The van der Waals surface area contributed by atoms with E-state index in [-0.39, 0.29) is 11.3 Å². The van der Waals surface area contributed by atoms with Crippen molar-refractivity contribution in [3.63, 3.8) is 0 Å². The highest BCUT2D eigenvalue weighted by Crippen LogP contribution is 2.20. The molecular formula is C12H13N3O2S. The van der Waals surface area contributed by atoms with E-state index < -0.39 is 5.97 Å². The maximum atomic E-state index is 10.8. The van der Waals surface area contributed by atoms with Crippen LogP contribution in [0.25, 0.3) is 0 Å². The Kier molecular flexibility index (Phi) is 3.47.